The van der Waals surface area contributed by atoms with Crippen molar-refractivity contribution >= 4 is 0 Å². The van der Waals surface area contributed by atoms with Gasteiger partial charge in [-0.1, -0.05) is 0 Å². The number of ether oxygens (including phenoxy) is 1. The normalized spacial score (nSPS) is 58.9. The highest BCUT2D eigenvalue weighted by Gasteiger charge is 2.64. The second kappa shape index (κ2) is 3.71. The second-order valence-electron chi connectivity index (χ2n) is 6.93. The number of hydrogen-bond donors (Lipinski definition) is 1. The number of hydrogen-bond acceptors (Lipinski definition) is 2. The molecule has 0 amide bonds. The molecule has 4 rings (SSSR count). The van der Waals surface area contributed by atoms with Crippen molar-refractivity contribution in [3.05, 3.63) is 0 Å². The lowest BCUT2D eigenvalue weighted by Gasteiger charge is -2.40. The zero-order chi connectivity index (χ0) is 11.6. The standard InChI is InChI=1S/C15H24O2/c1-2-17-7-10-3-8-4-11(10)15-12-5-9(14(8)15)6-13(12)16/h8-16H,2-7H2,1H3. The topological polar surface area (TPSA) is 29.5 Å². The molecule has 4 bridgehead atoms. The van der Waals surface area contributed by atoms with Crippen molar-refractivity contribution in [1.29, 1.82) is 0 Å². The molecule has 8 unspecified atom stereocenters. The monoisotopic (exact) mass is 236 g/mol. The van der Waals surface area contributed by atoms with Crippen LogP contribution in [0.1, 0.15) is 32.6 Å². The van der Waals surface area contributed by atoms with Crippen molar-refractivity contribution in [1.82, 2.24) is 0 Å². The quantitative estimate of drug-likeness (QED) is 0.762. The molecule has 2 nitrogen and oxygen atoms in total. The summed E-state index contributed by atoms with van der Waals surface area (Å²) < 4.78 is 5.66. The van der Waals surface area contributed by atoms with E-state index in [-0.39, 0.29) is 6.10 Å². The Kier molecular flexibility index (Phi) is 2.36. The molecule has 0 aromatic carbocycles. The lowest BCUT2D eigenvalue weighted by atomic mass is 9.67. The van der Waals surface area contributed by atoms with Gasteiger partial charge in [-0.3, -0.25) is 0 Å². The van der Waals surface area contributed by atoms with Crippen molar-refractivity contribution in [2.24, 2.45) is 41.4 Å². The molecule has 0 saturated heterocycles. The molecule has 17 heavy (non-hydrogen) atoms. The third-order valence-corrected chi connectivity index (χ3v) is 6.46. The third-order valence-electron chi connectivity index (χ3n) is 6.46. The summed E-state index contributed by atoms with van der Waals surface area (Å²) in [5, 5.41) is 10.1. The van der Waals surface area contributed by atoms with Crippen LogP contribution >= 0.6 is 0 Å². The molecule has 2 heteroatoms. The van der Waals surface area contributed by atoms with E-state index in [2.05, 4.69) is 6.92 Å². The molecule has 0 heterocycles. The molecule has 1 N–H and O–H groups in total. The van der Waals surface area contributed by atoms with E-state index in [1.807, 2.05) is 0 Å². The van der Waals surface area contributed by atoms with E-state index in [1.165, 1.54) is 19.3 Å². The van der Waals surface area contributed by atoms with Gasteiger partial charge in [0.25, 0.3) is 0 Å². The van der Waals surface area contributed by atoms with Crippen LogP contribution in [0.5, 0.6) is 0 Å². The summed E-state index contributed by atoms with van der Waals surface area (Å²) in [7, 11) is 0. The lowest BCUT2D eigenvalue weighted by molar-refractivity contribution is -0.00680. The molecule has 4 saturated carbocycles. The Morgan fingerprint density at radius 3 is 2.59 bits per heavy atom. The van der Waals surface area contributed by atoms with Crippen LogP contribution in [0, 0.1) is 41.4 Å². The molecule has 0 spiro atoms. The predicted octanol–water partition coefficient (Wildman–Crippen LogP) is 2.31. The van der Waals surface area contributed by atoms with Crippen molar-refractivity contribution in [3.8, 4) is 0 Å². The fraction of sp³-hybridized carbons (Fsp3) is 1.00. The third kappa shape index (κ3) is 1.34. The largest absolute Gasteiger partial charge is 0.393 e. The van der Waals surface area contributed by atoms with Gasteiger partial charge in [0.1, 0.15) is 0 Å². The molecular weight excluding hydrogens is 212 g/mol. The van der Waals surface area contributed by atoms with E-state index in [9.17, 15) is 5.11 Å². The molecule has 0 radical (unpaired) electrons. The molecular formula is C15H24O2. The predicted molar refractivity (Wildman–Crippen MR) is 65.4 cm³/mol. The van der Waals surface area contributed by atoms with Crippen LogP contribution in [0.15, 0.2) is 0 Å². The molecule has 4 fully saturated rings. The van der Waals surface area contributed by atoms with E-state index in [0.29, 0.717) is 5.92 Å². The molecule has 4 aliphatic carbocycles. The van der Waals surface area contributed by atoms with E-state index in [0.717, 1.165) is 55.1 Å². The van der Waals surface area contributed by atoms with Gasteiger partial charge in [-0.05, 0) is 74.0 Å². The fourth-order valence-electron chi connectivity index (χ4n) is 6.17. The maximum atomic E-state index is 10.1. The first-order chi connectivity index (χ1) is 8.29. The number of rotatable bonds is 3. The number of aliphatic hydroxyl groups excluding tert-OH is 1. The molecule has 0 aliphatic heterocycles. The first-order valence-electron chi connectivity index (χ1n) is 7.55. The van der Waals surface area contributed by atoms with Gasteiger partial charge in [-0.15, -0.1) is 0 Å². The zero-order valence-corrected chi connectivity index (χ0v) is 10.7. The highest BCUT2D eigenvalue weighted by molar-refractivity contribution is 5.12. The summed E-state index contributed by atoms with van der Waals surface area (Å²) in [4.78, 5) is 0. The van der Waals surface area contributed by atoms with Crippen molar-refractivity contribution < 1.29 is 9.84 Å². The first kappa shape index (κ1) is 10.8. The van der Waals surface area contributed by atoms with Crippen molar-refractivity contribution in [2.75, 3.05) is 13.2 Å². The summed E-state index contributed by atoms with van der Waals surface area (Å²) in [5.41, 5.74) is 0. The average Bonchev–Trinajstić information content (AvgIpc) is 3.01. The highest BCUT2D eigenvalue weighted by Crippen LogP contribution is 2.68. The minimum absolute atomic E-state index is 0.0355. The first-order valence-corrected chi connectivity index (χ1v) is 7.55. The maximum absolute atomic E-state index is 10.1. The zero-order valence-electron chi connectivity index (χ0n) is 10.7. The summed E-state index contributed by atoms with van der Waals surface area (Å²) in [6.07, 6.45) is 5.36. The van der Waals surface area contributed by atoms with Gasteiger partial charge in [0.05, 0.1) is 6.10 Å². The maximum Gasteiger partial charge on any atom is 0.0574 e. The van der Waals surface area contributed by atoms with Crippen molar-refractivity contribution in [3.63, 3.8) is 0 Å². The average molecular weight is 236 g/mol. The van der Waals surface area contributed by atoms with Crippen LogP contribution in [-0.4, -0.2) is 24.4 Å². The smallest absolute Gasteiger partial charge is 0.0574 e. The summed E-state index contributed by atoms with van der Waals surface area (Å²) in [6, 6.07) is 0. The van der Waals surface area contributed by atoms with Crippen LogP contribution in [0.3, 0.4) is 0 Å². The van der Waals surface area contributed by atoms with Crippen molar-refractivity contribution in [2.45, 2.75) is 38.7 Å². The second-order valence-corrected chi connectivity index (χ2v) is 6.93. The van der Waals surface area contributed by atoms with Crippen LogP contribution < -0.4 is 0 Å². The van der Waals surface area contributed by atoms with E-state index in [1.54, 1.807) is 0 Å². The van der Waals surface area contributed by atoms with Gasteiger partial charge in [0, 0.05) is 13.2 Å². The van der Waals surface area contributed by atoms with E-state index in [4.69, 9.17) is 4.74 Å². The summed E-state index contributed by atoms with van der Waals surface area (Å²) in [5.74, 6) is 6.08. The minimum atomic E-state index is 0.0355. The minimum Gasteiger partial charge on any atom is -0.393 e. The van der Waals surface area contributed by atoms with Crippen LogP contribution in [0.2, 0.25) is 0 Å². The van der Waals surface area contributed by atoms with Gasteiger partial charge < -0.3 is 9.84 Å². The Morgan fingerprint density at radius 1 is 1.00 bits per heavy atom. The van der Waals surface area contributed by atoms with Crippen LogP contribution in [0.4, 0.5) is 0 Å². The summed E-state index contributed by atoms with van der Waals surface area (Å²) >= 11 is 0. The van der Waals surface area contributed by atoms with E-state index >= 15 is 0 Å². The molecule has 0 aromatic heterocycles. The molecule has 4 aliphatic rings. The van der Waals surface area contributed by atoms with Crippen LogP contribution in [-0.2, 0) is 4.74 Å². The Hall–Kier alpha value is -0.0800. The van der Waals surface area contributed by atoms with Gasteiger partial charge in [0.2, 0.25) is 0 Å². The number of fused-ring (bicyclic) bond motifs is 9. The molecule has 8 atom stereocenters. The Morgan fingerprint density at radius 2 is 1.76 bits per heavy atom. The fourth-order valence-corrected chi connectivity index (χ4v) is 6.17. The lowest BCUT2D eigenvalue weighted by Crippen LogP contribution is -2.39. The number of aliphatic hydroxyl groups is 1. The van der Waals surface area contributed by atoms with Crippen LogP contribution in [0.25, 0.3) is 0 Å². The van der Waals surface area contributed by atoms with Gasteiger partial charge in [-0.25, -0.2) is 0 Å². The Labute approximate surface area is 104 Å². The van der Waals surface area contributed by atoms with E-state index < -0.39 is 0 Å². The van der Waals surface area contributed by atoms with Gasteiger partial charge >= 0.3 is 0 Å². The van der Waals surface area contributed by atoms with Gasteiger partial charge in [0.15, 0.2) is 0 Å². The summed E-state index contributed by atoms with van der Waals surface area (Å²) in [6.45, 7) is 3.93. The Balaban J connectivity index is 1.53. The Bertz CT molecular complexity index is 314. The molecule has 96 valence electrons. The SMILES string of the molecule is CCOCC1CC2CC1C1C3CC(CC3O)C21. The van der Waals surface area contributed by atoms with Gasteiger partial charge in [-0.2, -0.15) is 0 Å². The highest BCUT2D eigenvalue weighted by atomic mass is 16.5. The molecule has 0 aromatic rings.